The molecule has 0 N–H and O–H groups in total. The van der Waals surface area contributed by atoms with Crippen LogP contribution in [0.5, 0.6) is 11.5 Å². The highest BCUT2D eigenvalue weighted by molar-refractivity contribution is 5.97. The molecular formula is C27H28O7. The topological polar surface area (TPSA) is 92.0 Å². The fourth-order valence-corrected chi connectivity index (χ4v) is 4.40. The van der Waals surface area contributed by atoms with Crippen molar-refractivity contribution in [3.8, 4) is 22.6 Å². The third kappa shape index (κ3) is 5.14. The molecule has 0 bridgehead atoms. The van der Waals surface area contributed by atoms with Crippen LogP contribution in [0.25, 0.3) is 22.1 Å². The lowest BCUT2D eigenvalue weighted by atomic mass is 10.0. The van der Waals surface area contributed by atoms with E-state index in [-0.39, 0.29) is 46.0 Å². The van der Waals surface area contributed by atoms with Crippen molar-refractivity contribution in [3.63, 3.8) is 0 Å². The Bertz CT molecular complexity index is 1230. The SMILES string of the molecule is CCOC(=O)c1oc2cc(OC(=O)CCC3CCCC3)ccc2c(=O)c1-c1ccc(OC)cc1. The molecule has 1 heterocycles. The second-order valence-electron chi connectivity index (χ2n) is 8.41. The molecule has 1 saturated carbocycles. The number of carbonyl (C=O) groups is 2. The molecule has 0 radical (unpaired) electrons. The molecule has 7 heteroatoms. The summed E-state index contributed by atoms with van der Waals surface area (Å²) in [5.74, 6) is 0.199. The number of esters is 2. The molecule has 7 nitrogen and oxygen atoms in total. The van der Waals surface area contributed by atoms with Crippen molar-refractivity contribution in [2.75, 3.05) is 13.7 Å². The zero-order valence-corrected chi connectivity index (χ0v) is 19.4. The lowest BCUT2D eigenvalue weighted by molar-refractivity contribution is -0.134. The Balaban J connectivity index is 1.67. The Kier molecular flexibility index (Phi) is 7.30. The van der Waals surface area contributed by atoms with E-state index in [0.717, 1.165) is 6.42 Å². The van der Waals surface area contributed by atoms with E-state index < -0.39 is 5.97 Å². The highest BCUT2D eigenvalue weighted by atomic mass is 16.5. The second kappa shape index (κ2) is 10.5. The van der Waals surface area contributed by atoms with Crippen LogP contribution in [-0.2, 0) is 9.53 Å². The van der Waals surface area contributed by atoms with Gasteiger partial charge in [-0.15, -0.1) is 0 Å². The number of carbonyl (C=O) groups excluding carboxylic acids is 2. The summed E-state index contributed by atoms with van der Waals surface area (Å²) in [5, 5.41) is 0.268. The van der Waals surface area contributed by atoms with Crippen molar-refractivity contribution in [2.45, 2.75) is 45.4 Å². The average molecular weight is 465 g/mol. The lowest BCUT2D eigenvalue weighted by Crippen LogP contribution is -2.15. The molecule has 0 saturated heterocycles. The maximum absolute atomic E-state index is 13.4. The van der Waals surface area contributed by atoms with E-state index in [1.165, 1.54) is 31.7 Å². The third-order valence-corrected chi connectivity index (χ3v) is 6.17. The number of fused-ring (bicyclic) bond motifs is 1. The maximum Gasteiger partial charge on any atom is 0.375 e. The molecule has 1 aromatic heterocycles. The van der Waals surface area contributed by atoms with Crippen LogP contribution in [0.2, 0.25) is 0 Å². The smallest absolute Gasteiger partial charge is 0.375 e. The second-order valence-corrected chi connectivity index (χ2v) is 8.41. The highest BCUT2D eigenvalue weighted by Crippen LogP contribution is 2.30. The van der Waals surface area contributed by atoms with Crippen molar-refractivity contribution >= 4 is 22.9 Å². The maximum atomic E-state index is 13.4. The minimum atomic E-state index is -0.744. The molecular weight excluding hydrogens is 436 g/mol. The third-order valence-electron chi connectivity index (χ3n) is 6.17. The summed E-state index contributed by atoms with van der Waals surface area (Å²) in [7, 11) is 1.54. The van der Waals surface area contributed by atoms with Gasteiger partial charge in [0.15, 0.2) is 0 Å². The van der Waals surface area contributed by atoms with Gasteiger partial charge in [0.05, 0.1) is 24.7 Å². The monoisotopic (exact) mass is 464 g/mol. The Hall–Kier alpha value is -3.61. The Morgan fingerprint density at radius 1 is 1.03 bits per heavy atom. The van der Waals surface area contributed by atoms with Gasteiger partial charge in [-0.05, 0) is 49.1 Å². The summed E-state index contributed by atoms with van der Waals surface area (Å²) in [6.45, 7) is 1.80. The van der Waals surface area contributed by atoms with Gasteiger partial charge in [-0.2, -0.15) is 0 Å². The quantitative estimate of drug-likeness (QED) is 0.320. The van der Waals surface area contributed by atoms with Crippen molar-refractivity contribution < 1.29 is 28.2 Å². The van der Waals surface area contributed by atoms with E-state index in [2.05, 4.69) is 0 Å². The molecule has 1 aliphatic rings. The summed E-state index contributed by atoms with van der Waals surface area (Å²) >= 11 is 0. The van der Waals surface area contributed by atoms with Crippen LogP contribution in [-0.4, -0.2) is 25.7 Å². The molecule has 1 aliphatic carbocycles. The molecule has 2 aromatic carbocycles. The molecule has 0 aliphatic heterocycles. The van der Waals surface area contributed by atoms with Gasteiger partial charge in [0, 0.05) is 12.5 Å². The largest absolute Gasteiger partial charge is 0.497 e. The van der Waals surface area contributed by atoms with Gasteiger partial charge in [-0.25, -0.2) is 4.79 Å². The predicted octanol–water partition coefficient (Wildman–Crippen LogP) is 5.52. The average Bonchev–Trinajstić information content (AvgIpc) is 3.37. The van der Waals surface area contributed by atoms with Crippen molar-refractivity contribution in [3.05, 3.63) is 58.4 Å². The number of benzene rings is 2. The van der Waals surface area contributed by atoms with Crippen LogP contribution >= 0.6 is 0 Å². The fourth-order valence-electron chi connectivity index (χ4n) is 4.40. The molecule has 34 heavy (non-hydrogen) atoms. The predicted molar refractivity (Wildman–Crippen MR) is 127 cm³/mol. The summed E-state index contributed by atoms with van der Waals surface area (Å²) in [6.07, 6.45) is 5.95. The minimum Gasteiger partial charge on any atom is -0.497 e. The number of ether oxygens (including phenoxy) is 3. The molecule has 0 atom stereocenters. The van der Waals surface area contributed by atoms with Gasteiger partial charge < -0.3 is 18.6 Å². The van der Waals surface area contributed by atoms with E-state index in [1.54, 1.807) is 50.4 Å². The summed E-state index contributed by atoms with van der Waals surface area (Å²) in [6, 6.07) is 11.3. The van der Waals surface area contributed by atoms with E-state index in [1.807, 2.05) is 0 Å². The fraction of sp³-hybridized carbons (Fsp3) is 0.370. The lowest BCUT2D eigenvalue weighted by Gasteiger charge is -2.11. The number of rotatable bonds is 8. The van der Waals surface area contributed by atoms with Crippen LogP contribution in [0.3, 0.4) is 0 Å². The normalized spacial score (nSPS) is 13.7. The van der Waals surface area contributed by atoms with Gasteiger partial charge in [-0.1, -0.05) is 37.8 Å². The van der Waals surface area contributed by atoms with E-state index in [9.17, 15) is 14.4 Å². The molecule has 1 fully saturated rings. The van der Waals surface area contributed by atoms with Gasteiger partial charge >= 0.3 is 11.9 Å². The Morgan fingerprint density at radius 3 is 2.41 bits per heavy atom. The Morgan fingerprint density at radius 2 is 1.74 bits per heavy atom. The van der Waals surface area contributed by atoms with Crippen LogP contribution in [0, 0.1) is 5.92 Å². The minimum absolute atomic E-state index is 0.106. The highest BCUT2D eigenvalue weighted by Gasteiger charge is 2.24. The van der Waals surface area contributed by atoms with Crippen molar-refractivity contribution in [1.82, 2.24) is 0 Å². The zero-order valence-electron chi connectivity index (χ0n) is 19.4. The first-order valence-corrected chi connectivity index (χ1v) is 11.6. The number of hydrogen-bond acceptors (Lipinski definition) is 7. The number of methoxy groups -OCH3 is 1. The van der Waals surface area contributed by atoms with Crippen LogP contribution in [0.4, 0.5) is 0 Å². The van der Waals surface area contributed by atoms with Gasteiger partial charge in [0.1, 0.15) is 17.1 Å². The zero-order chi connectivity index (χ0) is 24.1. The first-order chi connectivity index (χ1) is 16.5. The first kappa shape index (κ1) is 23.5. The molecule has 0 spiro atoms. The van der Waals surface area contributed by atoms with Crippen LogP contribution < -0.4 is 14.9 Å². The molecule has 178 valence electrons. The number of hydrogen-bond donors (Lipinski definition) is 0. The Labute approximate surface area is 197 Å². The van der Waals surface area contributed by atoms with Crippen molar-refractivity contribution in [2.24, 2.45) is 5.92 Å². The summed E-state index contributed by atoms with van der Waals surface area (Å²) in [4.78, 5) is 38.4. The van der Waals surface area contributed by atoms with Crippen LogP contribution in [0.1, 0.15) is 56.0 Å². The summed E-state index contributed by atoms with van der Waals surface area (Å²) < 4.78 is 21.7. The first-order valence-electron chi connectivity index (χ1n) is 11.6. The van der Waals surface area contributed by atoms with Crippen LogP contribution in [0.15, 0.2) is 51.7 Å². The van der Waals surface area contributed by atoms with E-state index in [4.69, 9.17) is 18.6 Å². The standard InChI is InChI=1S/C27H28O7/c1-3-32-27(30)26-24(18-9-11-19(31-2)12-10-18)25(29)21-14-13-20(16-22(21)34-26)33-23(28)15-8-17-6-4-5-7-17/h9-14,16-17H,3-8,15H2,1-2H3. The van der Waals surface area contributed by atoms with Gasteiger partial charge in [0.2, 0.25) is 11.2 Å². The van der Waals surface area contributed by atoms with E-state index in [0.29, 0.717) is 23.7 Å². The van der Waals surface area contributed by atoms with E-state index >= 15 is 0 Å². The van der Waals surface area contributed by atoms with Gasteiger partial charge in [0.25, 0.3) is 0 Å². The molecule has 0 amide bonds. The molecule has 4 rings (SSSR count). The summed E-state index contributed by atoms with van der Waals surface area (Å²) in [5.41, 5.74) is 0.372. The van der Waals surface area contributed by atoms with Gasteiger partial charge in [-0.3, -0.25) is 9.59 Å². The molecule has 0 unspecified atom stereocenters. The molecule has 3 aromatic rings. The van der Waals surface area contributed by atoms with Crippen molar-refractivity contribution in [1.29, 1.82) is 0 Å².